The van der Waals surface area contributed by atoms with Crippen molar-refractivity contribution in [3.8, 4) is 0 Å². The van der Waals surface area contributed by atoms with Crippen molar-refractivity contribution in [2.75, 3.05) is 13.7 Å². The molecule has 0 aliphatic rings. The fraction of sp³-hybridized carbons (Fsp3) is 0.900. The number of aliphatic hydroxyl groups excluding tert-OH is 4. The van der Waals surface area contributed by atoms with Crippen LogP contribution in [0.1, 0.15) is 19.8 Å². The lowest BCUT2D eigenvalue weighted by molar-refractivity contribution is -0.185. The van der Waals surface area contributed by atoms with Gasteiger partial charge in [-0.25, -0.2) is 5.48 Å². The van der Waals surface area contributed by atoms with Crippen LogP contribution in [0.2, 0.25) is 0 Å². The van der Waals surface area contributed by atoms with Gasteiger partial charge < -0.3 is 25.5 Å². The molecule has 0 spiro atoms. The molecule has 8 nitrogen and oxygen atoms in total. The van der Waals surface area contributed by atoms with E-state index in [2.05, 4.69) is 4.84 Å². The molecule has 4 atom stereocenters. The molecule has 0 aliphatic heterocycles. The fourth-order valence-corrected chi connectivity index (χ4v) is 1.56. The second kappa shape index (κ2) is 7.62. The van der Waals surface area contributed by atoms with Gasteiger partial charge in [-0.3, -0.25) is 9.63 Å². The predicted molar refractivity (Wildman–Crippen MR) is 60.1 cm³/mol. The Morgan fingerprint density at radius 1 is 1.39 bits per heavy atom. The quantitative estimate of drug-likeness (QED) is 0.262. The average Bonchev–Trinajstić information content (AvgIpc) is 2.36. The van der Waals surface area contributed by atoms with Crippen LogP contribution in [0.4, 0.5) is 0 Å². The Morgan fingerprint density at radius 3 is 2.33 bits per heavy atom. The Hall–Kier alpha value is -0.770. The molecular weight excluding hydrogens is 246 g/mol. The number of aliphatic hydroxyl groups is 5. The summed E-state index contributed by atoms with van der Waals surface area (Å²) in [4.78, 5) is 16.0. The highest BCUT2D eigenvalue weighted by molar-refractivity contribution is 5.84. The van der Waals surface area contributed by atoms with E-state index in [9.17, 15) is 25.2 Å². The van der Waals surface area contributed by atoms with E-state index in [0.717, 1.165) is 7.11 Å². The van der Waals surface area contributed by atoms with E-state index in [1.165, 1.54) is 0 Å². The molecule has 0 aromatic carbocycles. The molecule has 6 N–H and O–H groups in total. The van der Waals surface area contributed by atoms with Gasteiger partial charge in [-0.1, -0.05) is 13.3 Å². The van der Waals surface area contributed by atoms with Crippen molar-refractivity contribution in [2.24, 2.45) is 0 Å². The van der Waals surface area contributed by atoms with Crippen molar-refractivity contribution in [1.29, 1.82) is 0 Å². The summed E-state index contributed by atoms with van der Waals surface area (Å²) in [7, 11) is 1.15. The van der Waals surface area contributed by atoms with Gasteiger partial charge in [-0.15, -0.1) is 0 Å². The maximum absolute atomic E-state index is 11.6. The molecule has 0 saturated heterocycles. The van der Waals surface area contributed by atoms with Crippen LogP contribution in [0, 0.1) is 0 Å². The minimum Gasteiger partial charge on any atom is -0.394 e. The minimum atomic E-state index is -2.32. The van der Waals surface area contributed by atoms with Crippen molar-refractivity contribution in [3.63, 3.8) is 0 Å². The van der Waals surface area contributed by atoms with Gasteiger partial charge in [0, 0.05) is 0 Å². The molecule has 0 fully saturated rings. The molecule has 8 heteroatoms. The summed E-state index contributed by atoms with van der Waals surface area (Å²) in [5.41, 5.74) is -0.460. The van der Waals surface area contributed by atoms with Gasteiger partial charge in [0.1, 0.15) is 18.3 Å². The monoisotopic (exact) mass is 267 g/mol. The van der Waals surface area contributed by atoms with E-state index < -0.39 is 36.4 Å². The second-order valence-corrected chi connectivity index (χ2v) is 3.99. The third-order valence-corrected chi connectivity index (χ3v) is 2.61. The van der Waals surface area contributed by atoms with Gasteiger partial charge >= 0.3 is 0 Å². The van der Waals surface area contributed by atoms with Crippen LogP contribution in [0.5, 0.6) is 0 Å². The second-order valence-electron chi connectivity index (χ2n) is 3.99. The van der Waals surface area contributed by atoms with Crippen molar-refractivity contribution in [2.45, 2.75) is 43.7 Å². The lowest BCUT2D eigenvalue weighted by Crippen LogP contribution is -2.61. The van der Waals surface area contributed by atoms with Gasteiger partial charge in [0.15, 0.2) is 5.60 Å². The first-order valence-corrected chi connectivity index (χ1v) is 5.56. The molecule has 0 bridgehead atoms. The van der Waals surface area contributed by atoms with Crippen molar-refractivity contribution >= 4 is 5.91 Å². The Kier molecular flexibility index (Phi) is 7.29. The average molecular weight is 267 g/mol. The van der Waals surface area contributed by atoms with Gasteiger partial charge in [-0.2, -0.15) is 0 Å². The van der Waals surface area contributed by atoms with E-state index in [1.807, 2.05) is 5.48 Å². The Bertz CT molecular complexity index is 263. The van der Waals surface area contributed by atoms with E-state index in [0.29, 0.717) is 6.42 Å². The first-order chi connectivity index (χ1) is 8.34. The summed E-state index contributed by atoms with van der Waals surface area (Å²) < 4.78 is 0. The molecule has 1 amide bonds. The number of hydrogen-bond acceptors (Lipinski definition) is 7. The van der Waals surface area contributed by atoms with E-state index in [-0.39, 0.29) is 6.42 Å². The molecule has 0 heterocycles. The summed E-state index contributed by atoms with van der Waals surface area (Å²) in [5.74, 6) is -1.04. The third kappa shape index (κ3) is 3.87. The van der Waals surface area contributed by atoms with E-state index >= 15 is 0 Å². The minimum absolute atomic E-state index is 0.154. The topological polar surface area (TPSA) is 139 Å². The van der Waals surface area contributed by atoms with Crippen LogP contribution >= 0.6 is 0 Å². The molecule has 0 unspecified atom stereocenters. The number of nitrogens with one attached hydrogen (secondary N) is 1. The zero-order chi connectivity index (χ0) is 14.3. The lowest BCUT2D eigenvalue weighted by Gasteiger charge is -2.34. The first kappa shape index (κ1) is 17.2. The van der Waals surface area contributed by atoms with Gasteiger partial charge in [0.05, 0.1) is 13.7 Å². The third-order valence-electron chi connectivity index (χ3n) is 2.61. The normalized spacial score (nSPS) is 19.7. The van der Waals surface area contributed by atoms with E-state index in [4.69, 9.17) is 5.11 Å². The number of hydroxylamine groups is 1. The number of rotatable bonds is 8. The van der Waals surface area contributed by atoms with Gasteiger partial charge in [0.25, 0.3) is 5.91 Å². The first-order valence-electron chi connectivity index (χ1n) is 5.56. The van der Waals surface area contributed by atoms with Crippen molar-refractivity contribution in [3.05, 3.63) is 0 Å². The van der Waals surface area contributed by atoms with Crippen molar-refractivity contribution < 1.29 is 35.2 Å². The zero-order valence-electron chi connectivity index (χ0n) is 10.4. The molecule has 108 valence electrons. The molecule has 0 aromatic heterocycles. The Balaban J connectivity index is 5.01. The number of carbonyl (C=O) groups is 1. The standard InChI is InChI=1S/C10H21NO7/c1-3-4-10(17,9(16)11-18-2)8(15)7(14)6(13)5-12/h6-8,12-15,17H,3-5H2,1-2H3,(H,11,16)/t6-,7-,8+,10-/m1/s1. The zero-order valence-corrected chi connectivity index (χ0v) is 10.4. The highest BCUT2D eigenvalue weighted by Gasteiger charge is 2.47. The van der Waals surface area contributed by atoms with Crippen LogP contribution in [0.25, 0.3) is 0 Å². The van der Waals surface area contributed by atoms with Gasteiger partial charge in [-0.05, 0) is 6.42 Å². The summed E-state index contributed by atoms with van der Waals surface area (Å²) in [5, 5.41) is 47.3. The summed E-state index contributed by atoms with van der Waals surface area (Å²) in [6.07, 6.45) is -5.31. The SMILES string of the molecule is CCC[C@](O)(C(=O)NOC)[C@@H](O)[C@H](O)[C@H](O)CO. The number of hydrogen-bond donors (Lipinski definition) is 6. The molecule has 0 saturated carbocycles. The molecule has 18 heavy (non-hydrogen) atoms. The van der Waals surface area contributed by atoms with Crippen LogP contribution < -0.4 is 5.48 Å². The number of carbonyl (C=O) groups excluding carboxylic acids is 1. The molecule has 0 aliphatic carbocycles. The highest BCUT2D eigenvalue weighted by atomic mass is 16.6. The summed E-state index contributed by atoms with van der Waals surface area (Å²) >= 11 is 0. The van der Waals surface area contributed by atoms with Crippen LogP contribution in [-0.4, -0.2) is 69.1 Å². The summed E-state index contributed by atoms with van der Waals surface area (Å²) in [6.45, 7) is 0.846. The maximum Gasteiger partial charge on any atom is 0.278 e. The predicted octanol–water partition coefficient (Wildman–Crippen LogP) is -2.73. The molecule has 0 aromatic rings. The molecule has 0 radical (unpaired) electrons. The molecule has 0 rings (SSSR count). The molecular formula is C10H21NO7. The number of amides is 1. The van der Waals surface area contributed by atoms with Crippen LogP contribution in [0.15, 0.2) is 0 Å². The summed E-state index contributed by atoms with van der Waals surface area (Å²) in [6, 6.07) is 0. The largest absolute Gasteiger partial charge is 0.394 e. The fourth-order valence-electron chi connectivity index (χ4n) is 1.56. The Morgan fingerprint density at radius 2 is 1.94 bits per heavy atom. The highest BCUT2D eigenvalue weighted by Crippen LogP contribution is 2.22. The van der Waals surface area contributed by atoms with Crippen molar-refractivity contribution in [1.82, 2.24) is 5.48 Å². The Labute approximate surface area is 105 Å². The lowest BCUT2D eigenvalue weighted by atomic mass is 9.86. The van der Waals surface area contributed by atoms with Gasteiger partial charge in [0.2, 0.25) is 0 Å². The van der Waals surface area contributed by atoms with E-state index in [1.54, 1.807) is 6.92 Å². The van der Waals surface area contributed by atoms with Crippen LogP contribution in [0.3, 0.4) is 0 Å². The maximum atomic E-state index is 11.6. The smallest absolute Gasteiger partial charge is 0.278 e. The van der Waals surface area contributed by atoms with Crippen LogP contribution in [-0.2, 0) is 9.63 Å².